The summed E-state index contributed by atoms with van der Waals surface area (Å²) in [7, 11) is 0. The molecule has 0 saturated carbocycles. The Balaban J connectivity index is 1.87. The smallest absolute Gasteiger partial charge is 0.251 e. The molecule has 0 saturated heterocycles. The molecule has 0 aliphatic heterocycles. The largest absolute Gasteiger partial charge is 0.361 e. The van der Waals surface area contributed by atoms with Gasteiger partial charge < -0.3 is 20.5 Å². The van der Waals surface area contributed by atoms with Crippen molar-refractivity contribution in [3.8, 4) is 0 Å². The topological polar surface area (TPSA) is 91.6 Å². The van der Waals surface area contributed by atoms with E-state index in [1.54, 1.807) is 12.1 Å². The van der Waals surface area contributed by atoms with E-state index in [1.807, 2.05) is 32.0 Å². The van der Waals surface area contributed by atoms with E-state index in [2.05, 4.69) is 33.0 Å². The Morgan fingerprint density at radius 3 is 2.44 bits per heavy atom. The number of aliphatic imine (C=N–C) groups is 1. The van der Waals surface area contributed by atoms with Crippen LogP contribution < -0.4 is 16.0 Å². The van der Waals surface area contributed by atoms with Gasteiger partial charge in [-0.1, -0.05) is 37.2 Å². The highest BCUT2D eigenvalue weighted by atomic mass is 16.5. The van der Waals surface area contributed by atoms with Gasteiger partial charge in [0.05, 0.1) is 12.2 Å². The van der Waals surface area contributed by atoms with E-state index >= 15 is 0 Å². The lowest BCUT2D eigenvalue weighted by atomic mass is 10.1. The molecule has 1 heterocycles. The van der Waals surface area contributed by atoms with Crippen LogP contribution >= 0.6 is 0 Å². The minimum absolute atomic E-state index is 0.0796. The Labute approximate surface area is 160 Å². The van der Waals surface area contributed by atoms with Crippen LogP contribution in [0.5, 0.6) is 0 Å². The second-order valence-electron chi connectivity index (χ2n) is 5.98. The zero-order chi connectivity index (χ0) is 19.5. The SMILES string of the molecule is CCNC(=NCc1c(CC)noc1CC)NCCNC(=O)c1ccccc1. The zero-order valence-electron chi connectivity index (χ0n) is 16.3. The van der Waals surface area contributed by atoms with Gasteiger partial charge in [-0.05, 0) is 25.5 Å². The van der Waals surface area contributed by atoms with E-state index in [4.69, 9.17) is 4.52 Å². The lowest BCUT2D eigenvalue weighted by Gasteiger charge is -2.12. The highest BCUT2D eigenvalue weighted by Gasteiger charge is 2.13. The molecule has 7 heteroatoms. The summed E-state index contributed by atoms with van der Waals surface area (Å²) >= 11 is 0. The quantitative estimate of drug-likeness (QED) is 0.357. The second kappa shape index (κ2) is 11.0. The molecule has 146 valence electrons. The third-order valence-corrected chi connectivity index (χ3v) is 4.09. The van der Waals surface area contributed by atoms with Gasteiger partial charge >= 0.3 is 0 Å². The highest BCUT2D eigenvalue weighted by molar-refractivity contribution is 5.94. The maximum atomic E-state index is 12.0. The van der Waals surface area contributed by atoms with E-state index < -0.39 is 0 Å². The first kappa shape index (κ1) is 20.5. The summed E-state index contributed by atoms with van der Waals surface area (Å²) in [5.41, 5.74) is 2.68. The molecule has 3 N–H and O–H groups in total. The maximum Gasteiger partial charge on any atom is 0.251 e. The summed E-state index contributed by atoms with van der Waals surface area (Å²) in [6, 6.07) is 9.18. The Bertz CT molecular complexity index is 719. The summed E-state index contributed by atoms with van der Waals surface area (Å²) in [4.78, 5) is 16.7. The fraction of sp³-hybridized carbons (Fsp3) is 0.450. The van der Waals surface area contributed by atoms with E-state index in [0.717, 1.165) is 36.4 Å². The van der Waals surface area contributed by atoms with Crippen LogP contribution in [0.25, 0.3) is 0 Å². The molecule has 1 aromatic heterocycles. The van der Waals surface area contributed by atoms with Gasteiger partial charge in [0.25, 0.3) is 5.91 Å². The van der Waals surface area contributed by atoms with E-state index in [9.17, 15) is 4.79 Å². The first-order valence-corrected chi connectivity index (χ1v) is 9.51. The van der Waals surface area contributed by atoms with Crippen molar-refractivity contribution in [2.45, 2.75) is 40.2 Å². The summed E-state index contributed by atoms with van der Waals surface area (Å²) in [5, 5.41) is 13.5. The molecule has 7 nitrogen and oxygen atoms in total. The van der Waals surface area contributed by atoms with Gasteiger partial charge in [0, 0.05) is 37.2 Å². The predicted molar refractivity (Wildman–Crippen MR) is 107 cm³/mol. The van der Waals surface area contributed by atoms with Gasteiger partial charge in [-0.15, -0.1) is 0 Å². The summed E-state index contributed by atoms with van der Waals surface area (Å²) in [5.74, 6) is 1.52. The molecule has 2 rings (SSSR count). The molecular formula is C20H29N5O2. The number of carbonyl (C=O) groups excluding carboxylic acids is 1. The number of amides is 1. The van der Waals surface area contributed by atoms with Gasteiger partial charge in [-0.25, -0.2) is 4.99 Å². The molecule has 0 bridgehead atoms. The summed E-state index contributed by atoms with van der Waals surface area (Å²) in [6.45, 7) is 8.48. The number of aryl methyl sites for hydroxylation is 2. The number of hydrogen-bond donors (Lipinski definition) is 3. The Hall–Kier alpha value is -2.83. The van der Waals surface area contributed by atoms with Crippen LogP contribution in [-0.4, -0.2) is 36.7 Å². The highest BCUT2D eigenvalue weighted by Crippen LogP contribution is 2.16. The van der Waals surface area contributed by atoms with Gasteiger partial charge in [0.15, 0.2) is 5.96 Å². The molecule has 1 aromatic carbocycles. The molecule has 0 aliphatic rings. The van der Waals surface area contributed by atoms with Crippen LogP contribution in [0, 0.1) is 0 Å². The third-order valence-electron chi connectivity index (χ3n) is 4.09. The van der Waals surface area contributed by atoms with Gasteiger partial charge in [-0.2, -0.15) is 0 Å². The molecule has 0 radical (unpaired) electrons. The molecule has 1 amide bonds. The van der Waals surface area contributed by atoms with Gasteiger partial charge in [-0.3, -0.25) is 4.79 Å². The zero-order valence-corrected chi connectivity index (χ0v) is 16.3. The first-order chi connectivity index (χ1) is 13.2. The van der Waals surface area contributed by atoms with E-state index in [1.165, 1.54) is 0 Å². The van der Waals surface area contributed by atoms with Crippen LogP contribution in [0.4, 0.5) is 0 Å². The molecule has 0 spiro atoms. The molecule has 0 atom stereocenters. The van der Waals surface area contributed by atoms with Crippen molar-refractivity contribution < 1.29 is 9.32 Å². The number of aromatic nitrogens is 1. The van der Waals surface area contributed by atoms with Gasteiger partial charge in [0.2, 0.25) is 0 Å². The molecule has 0 aliphatic carbocycles. The number of carbonyl (C=O) groups is 1. The van der Waals surface area contributed by atoms with Crippen LogP contribution in [0.15, 0.2) is 39.8 Å². The molecule has 0 fully saturated rings. The number of rotatable bonds is 9. The lowest BCUT2D eigenvalue weighted by Crippen LogP contribution is -2.41. The van der Waals surface area contributed by atoms with Crippen molar-refractivity contribution in [2.75, 3.05) is 19.6 Å². The van der Waals surface area contributed by atoms with Crippen LogP contribution in [0.3, 0.4) is 0 Å². The van der Waals surface area contributed by atoms with Crippen molar-refractivity contribution in [1.29, 1.82) is 0 Å². The van der Waals surface area contributed by atoms with Gasteiger partial charge in [0.1, 0.15) is 5.76 Å². The number of guanidine groups is 1. The molecular weight excluding hydrogens is 342 g/mol. The standard InChI is InChI=1S/C20H29N5O2/c1-4-17-16(18(5-2)27-25-17)14-24-20(21-6-3)23-13-12-22-19(26)15-10-8-7-9-11-15/h7-11H,4-6,12-14H2,1-3H3,(H,22,26)(H2,21,23,24). The number of hydrogen-bond acceptors (Lipinski definition) is 4. The van der Waals surface area contributed by atoms with Crippen molar-refractivity contribution in [2.24, 2.45) is 4.99 Å². The van der Waals surface area contributed by atoms with Crippen molar-refractivity contribution in [3.63, 3.8) is 0 Å². The fourth-order valence-corrected chi connectivity index (χ4v) is 2.67. The molecule has 2 aromatic rings. The van der Waals surface area contributed by atoms with Crippen molar-refractivity contribution in [1.82, 2.24) is 21.1 Å². The number of nitrogens with zero attached hydrogens (tertiary/aromatic N) is 2. The lowest BCUT2D eigenvalue weighted by molar-refractivity contribution is 0.0954. The predicted octanol–water partition coefficient (Wildman–Crippen LogP) is 2.28. The summed E-state index contributed by atoms with van der Waals surface area (Å²) in [6.07, 6.45) is 1.62. The van der Waals surface area contributed by atoms with Crippen LogP contribution in [0.2, 0.25) is 0 Å². The summed E-state index contributed by atoms with van der Waals surface area (Å²) < 4.78 is 5.39. The van der Waals surface area contributed by atoms with Crippen LogP contribution in [-0.2, 0) is 19.4 Å². The average molecular weight is 371 g/mol. The van der Waals surface area contributed by atoms with Crippen molar-refractivity contribution >= 4 is 11.9 Å². The van der Waals surface area contributed by atoms with E-state index in [-0.39, 0.29) is 5.91 Å². The Morgan fingerprint density at radius 2 is 1.78 bits per heavy atom. The minimum Gasteiger partial charge on any atom is -0.361 e. The monoisotopic (exact) mass is 371 g/mol. The maximum absolute atomic E-state index is 12.0. The fourth-order valence-electron chi connectivity index (χ4n) is 2.67. The third kappa shape index (κ3) is 6.13. The second-order valence-corrected chi connectivity index (χ2v) is 5.98. The number of nitrogens with one attached hydrogen (secondary N) is 3. The Kier molecular flexibility index (Phi) is 8.35. The minimum atomic E-state index is -0.0796. The van der Waals surface area contributed by atoms with Crippen LogP contribution in [0.1, 0.15) is 48.1 Å². The Morgan fingerprint density at radius 1 is 1.04 bits per heavy atom. The number of benzene rings is 1. The molecule has 0 unspecified atom stereocenters. The van der Waals surface area contributed by atoms with Crippen molar-refractivity contribution in [3.05, 3.63) is 52.9 Å². The van der Waals surface area contributed by atoms with E-state index in [0.29, 0.717) is 31.2 Å². The normalized spacial score (nSPS) is 11.3. The first-order valence-electron chi connectivity index (χ1n) is 9.51. The average Bonchev–Trinajstić information content (AvgIpc) is 3.11. The molecule has 27 heavy (non-hydrogen) atoms.